The van der Waals surface area contributed by atoms with Crippen LogP contribution < -0.4 is 5.32 Å². The van der Waals surface area contributed by atoms with Gasteiger partial charge in [0.05, 0.1) is 7.11 Å². The van der Waals surface area contributed by atoms with Gasteiger partial charge in [-0.2, -0.15) is 0 Å². The fourth-order valence-electron chi connectivity index (χ4n) is 2.12. The molecule has 0 aliphatic carbocycles. The predicted octanol–water partition coefficient (Wildman–Crippen LogP) is 2.20. The maximum Gasteiger partial charge on any atom is 0.333 e. The number of carbonyl (C=O) groups is 1. The minimum Gasteiger partial charge on any atom is -0.466 e. The first-order valence-electron chi connectivity index (χ1n) is 7.17. The summed E-state index contributed by atoms with van der Waals surface area (Å²) in [6.45, 7) is 13.5. The van der Waals surface area contributed by atoms with Crippen LogP contribution in [0.1, 0.15) is 41.0 Å². The number of ether oxygens (including phenoxy) is 1. The molecular formula is C15H30N2O2. The summed E-state index contributed by atoms with van der Waals surface area (Å²) in [6.07, 6.45) is 2.62. The molecule has 0 unspecified atom stereocenters. The van der Waals surface area contributed by atoms with Crippen LogP contribution in [0.2, 0.25) is 0 Å². The molecule has 0 fully saturated rings. The molecule has 0 atom stereocenters. The number of carbonyl (C=O) groups excluding carboxylic acids is 1. The lowest BCUT2D eigenvalue weighted by molar-refractivity contribution is -0.136. The van der Waals surface area contributed by atoms with Crippen molar-refractivity contribution in [3.63, 3.8) is 0 Å². The average molecular weight is 270 g/mol. The molecule has 0 aromatic carbocycles. The van der Waals surface area contributed by atoms with E-state index < -0.39 is 0 Å². The average Bonchev–Trinajstić information content (AvgIpc) is 2.36. The van der Waals surface area contributed by atoms with E-state index in [0.29, 0.717) is 25.0 Å². The van der Waals surface area contributed by atoms with E-state index in [0.717, 1.165) is 18.7 Å². The molecule has 0 radical (unpaired) electrons. The SMILES string of the molecule is CCC(=CCNCCN(C(C)C)C(C)C)C(=O)OC. The standard InChI is InChI=1S/C15H30N2O2/c1-7-14(15(18)19-6)8-9-16-10-11-17(12(2)3)13(4)5/h8,12-13,16H,7,9-11H2,1-6H3. The monoisotopic (exact) mass is 270 g/mol. The van der Waals surface area contributed by atoms with Crippen molar-refractivity contribution in [1.29, 1.82) is 0 Å². The third-order valence-electron chi connectivity index (χ3n) is 3.19. The van der Waals surface area contributed by atoms with Gasteiger partial charge < -0.3 is 10.1 Å². The van der Waals surface area contributed by atoms with Crippen LogP contribution in [0.25, 0.3) is 0 Å². The Morgan fingerprint density at radius 3 is 2.26 bits per heavy atom. The Morgan fingerprint density at radius 1 is 1.26 bits per heavy atom. The summed E-state index contributed by atoms with van der Waals surface area (Å²) in [4.78, 5) is 13.8. The molecule has 0 spiro atoms. The quantitative estimate of drug-likeness (QED) is 0.396. The molecule has 0 amide bonds. The van der Waals surface area contributed by atoms with Gasteiger partial charge in [-0.25, -0.2) is 4.79 Å². The van der Waals surface area contributed by atoms with Crippen LogP contribution in [-0.4, -0.2) is 49.7 Å². The first-order chi connectivity index (χ1) is 8.93. The molecule has 0 aliphatic rings. The van der Waals surface area contributed by atoms with Crippen molar-refractivity contribution < 1.29 is 9.53 Å². The lowest BCUT2D eigenvalue weighted by Gasteiger charge is -2.30. The van der Waals surface area contributed by atoms with E-state index in [1.807, 2.05) is 13.0 Å². The normalized spacial score (nSPS) is 12.6. The van der Waals surface area contributed by atoms with Gasteiger partial charge in [-0.3, -0.25) is 4.90 Å². The Labute approximate surface area is 118 Å². The summed E-state index contributed by atoms with van der Waals surface area (Å²) in [5.41, 5.74) is 0.736. The Bertz CT molecular complexity index is 278. The van der Waals surface area contributed by atoms with Gasteiger partial charge in [0, 0.05) is 37.3 Å². The lowest BCUT2D eigenvalue weighted by atomic mass is 10.2. The highest BCUT2D eigenvalue weighted by molar-refractivity contribution is 5.88. The number of rotatable bonds is 9. The molecule has 0 rings (SSSR count). The highest BCUT2D eigenvalue weighted by atomic mass is 16.5. The third kappa shape index (κ3) is 7.33. The maximum atomic E-state index is 11.4. The number of hydrogen-bond donors (Lipinski definition) is 1. The van der Waals surface area contributed by atoms with Gasteiger partial charge in [0.15, 0.2) is 0 Å². The first kappa shape index (κ1) is 18.1. The topological polar surface area (TPSA) is 41.6 Å². The molecule has 0 aromatic rings. The molecular weight excluding hydrogens is 240 g/mol. The van der Waals surface area contributed by atoms with Crippen molar-refractivity contribution in [3.8, 4) is 0 Å². The molecule has 0 aliphatic heterocycles. The number of methoxy groups -OCH3 is 1. The molecule has 4 nitrogen and oxygen atoms in total. The van der Waals surface area contributed by atoms with Gasteiger partial charge >= 0.3 is 5.97 Å². The van der Waals surface area contributed by atoms with Gasteiger partial charge in [0.25, 0.3) is 0 Å². The predicted molar refractivity (Wildman–Crippen MR) is 80.2 cm³/mol. The lowest BCUT2D eigenvalue weighted by Crippen LogP contribution is -2.41. The summed E-state index contributed by atoms with van der Waals surface area (Å²) < 4.78 is 4.72. The highest BCUT2D eigenvalue weighted by Crippen LogP contribution is 2.04. The zero-order valence-electron chi connectivity index (χ0n) is 13.3. The Morgan fingerprint density at radius 2 is 1.84 bits per heavy atom. The van der Waals surface area contributed by atoms with Gasteiger partial charge in [-0.15, -0.1) is 0 Å². The highest BCUT2D eigenvalue weighted by Gasteiger charge is 2.12. The van der Waals surface area contributed by atoms with E-state index >= 15 is 0 Å². The summed E-state index contributed by atoms with van der Waals surface area (Å²) in [5, 5.41) is 3.34. The molecule has 0 heterocycles. The Hall–Kier alpha value is -0.870. The molecule has 112 valence electrons. The van der Waals surface area contributed by atoms with E-state index in [1.165, 1.54) is 7.11 Å². The van der Waals surface area contributed by atoms with Gasteiger partial charge in [-0.1, -0.05) is 13.0 Å². The number of nitrogens with one attached hydrogen (secondary N) is 1. The molecule has 0 saturated carbocycles. The summed E-state index contributed by atoms with van der Waals surface area (Å²) in [7, 11) is 1.42. The molecule has 19 heavy (non-hydrogen) atoms. The summed E-state index contributed by atoms with van der Waals surface area (Å²) in [6, 6.07) is 1.11. The van der Waals surface area contributed by atoms with Crippen molar-refractivity contribution in [1.82, 2.24) is 10.2 Å². The van der Waals surface area contributed by atoms with Crippen LogP contribution in [0.15, 0.2) is 11.6 Å². The van der Waals surface area contributed by atoms with Crippen molar-refractivity contribution in [2.45, 2.75) is 53.1 Å². The minimum absolute atomic E-state index is 0.227. The zero-order chi connectivity index (χ0) is 14.8. The largest absolute Gasteiger partial charge is 0.466 e. The van der Waals surface area contributed by atoms with Gasteiger partial charge in [0.1, 0.15) is 0 Å². The van der Waals surface area contributed by atoms with E-state index in [-0.39, 0.29) is 5.97 Å². The maximum absolute atomic E-state index is 11.4. The van der Waals surface area contributed by atoms with Crippen molar-refractivity contribution in [2.75, 3.05) is 26.7 Å². The fraction of sp³-hybridized carbons (Fsp3) is 0.800. The second kappa shape index (κ2) is 9.98. The van der Waals surface area contributed by atoms with Crippen LogP contribution >= 0.6 is 0 Å². The smallest absolute Gasteiger partial charge is 0.333 e. The van der Waals surface area contributed by atoms with Crippen molar-refractivity contribution >= 4 is 5.97 Å². The molecule has 0 bridgehead atoms. The van der Waals surface area contributed by atoms with E-state index in [9.17, 15) is 4.79 Å². The fourth-order valence-corrected chi connectivity index (χ4v) is 2.12. The minimum atomic E-state index is -0.227. The molecule has 0 saturated heterocycles. The van der Waals surface area contributed by atoms with Crippen LogP contribution in [0.4, 0.5) is 0 Å². The van der Waals surface area contributed by atoms with E-state index in [4.69, 9.17) is 4.74 Å². The van der Waals surface area contributed by atoms with Crippen LogP contribution in [0, 0.1) is 0 Å². The second-order valence-electron chi connectivity index (χ2n) is 5.20. The Kier molecular flexibility index (Phi) is 9.53. The number of nitrogens with zero attached hydrogens (tertiary/aromatic N) is 1. The second-order valence-corrected chi connectivity index (χ2v) is 5.20. The molecule has 0 aromatic heterocycles. The number of hydrogen-bond acceptors (Lipinski definition) is 4. The molecule has 1 N–H and O–H groups in total. The third-order valence-corrected chi connectivity index (χ3v) is 3.19. The van der Waals surface area contributed by atoms with E-state index in [2.05, 4.69) is 37.9 Å². The Balaban J connectivity index is 4.03. The van der Waals surface area contributed by atoms with E-state index in [1.54, 1.807) is 0 Å². The summed E-state index contributed by atoms with van der Waals surface area (Å²) in [5.74, 6) is -0.227. The first-order valence-corrected chi connectivity index (χ1v) is 7.17. The van der Waals surface area contributed by atoms with Crippen LogP contribution in [0.3, 0.4) is 0 Å². The van der Waals surface area contributed by atoms with Crippen molar-refractivity contribution in [2.24, 2.45) is 0 Å². The van der Waals surface area contributed by atoms with Crippen LogP contribution in [0.5, 0.6) is 0 Å². The summed E-state index contributed by atoms with van der Waals surface area (Å²) >= 11 is 0. The van der Waals surface area contributed by atoms with Crippen LogP contribution in [-0.2, 0) is 9.53 Å². The van der Waals surface area contributed by atoms with Gasteiger partial charge in [0.2, 0.25) is 0 Å². The van der Waals surface area contributed by atoms with Gasteiger partial charge in [-0.05, 0) is 34.1 Å². The molecule has 4 heteroatoms. The number of esters is 1. The zero-order valence-corrected chi connectivity index (χ0v) is 13.3. The van der Waals surface area contributed by atoms with Crippen molar-refractivity contribution in [3.05, 3.63) is 11.6 Å².